The third-order valence-electron chi connectivity index (χ3n) is 3.76. The minimum atomic E-state index is 0.0818. The van der Waals surface area contributed by atoms with Crippen LogP contribution in [0.4, 0.5) is 0 Å². The van der Waals surface area contributed by atoms with Crippen molar-refractivity contribution < 1.29 is 9.47 Å². The van der Waals surface area contributed by atoms with Crippen LogP contribution in [-0.4, -0.2) is 30.7 Å². The Kier molecular flexibility index (Phi) is 4.93. The zero-order chi connectivity index (χ0) is 15.2. The maximum Gasteiger partial charge on any atom is 0.146 e. The number of aliphatic imine (C=N–C) groups is 1. The summed E-state index contributed by atoms with van der Waals surface area (Å²) in [6.07, 6.45) is 3.63. The van der Waals surface area contributed by atoms with Gasteiger partial charge >= 0.3 is 0 Å². The highest BCUT2D eigenvalue weighted by Crippen LogP contribution is 2.21. The van der Waals surface area contributed by atoms with Gasteiger partial charge in [-0.1, -0.05) is 36.4 Å². The molecule has 0 radical (unpaired) electrons. The van der Waals surface area contributed by atoms with Gasteiger partial charge in [0, 0.05) is 23.9 Å². The highest BCUT2D eigenvalue weighted by Gasteiger charge is 2.23. The van der Waals surface area contributed by atoms with Crippen molar-refractivity contribution in [1.29, 1.82) is 0 Å². The van der Waals surface area contributed by atoms with Crippen molar-refractivity contribution in [3.05, 3.63) is 66.0 Å². The number of hydrogen-bond donors (Lipinski definition) is 0. The summed E-state index contributed by atoms with van der Waals surface area (Å²) in [4.78, 5) is 9.18. The fourth-order valence-corrected chi connectivity index (χ4v) is 2.59. The van der Waals surface area contributed by atoms with Gasteiger partial charge in [-0.25, -0.2) is 0 Å². The lowest BCUT2D eigenvalue weighted by Gasteiger charge is -2.25. The van der Waals surface area contributed by atoms with Crippen molar-refractivity contribution in [1.82, 2.24) is 4.98 Å². The summed E-state index contributed by atoms with van der Waals surface area (Å²) in [6.45, 7) is 3.74. The average molecular weight is 296 g/mol. The summed E-state index contributed by atoms with van der Waals surface area (Å²) in [7, 11) is 0. The SMILES string of the molecule is C[C@H](N=C(c1cccnc1)C1COCOC1)c1ccccc1. The molecule has 1 aliphatic heterocycles. The number of rotatable bonds is 4. The summed E-state index contributed by atoms with van der Waals surface area (Å²) in [5, 5.41) is 0. The molecule has 0 bridgehead atoms. The van der Waals surface area contributed by atoms with E-state index in [1.807, 2.05) is 36.5 Å². The fourth-order valence-electron chi connectivity index (χ4n) is 2.59. The van der Waals surface area contributed by atoms with Crippen molar-refractivity contribution in [3.63, 3.8) is 0 Å². The zero-order valence-corrected chi connectivity index (χ0v) is 12.7. The summed E-state index contributed by atoms with van der Waals surface area (Å²) in [5.41, 5.74) is 3.23. The van der Waals surface area contributed by atoms with Crippen LogP contribution in [0.25, 0.3) is 0 Å². The highest BCUT2D eigenvalue weighted by molar-refractivity contribution is 6.02. The summed E-state index contributed by atoms with van der Waals surface area (Å²) in [5.74, 6) is 0.143. The summed E-state index contributed by atoms with van der Waals surface area (Å²) < 4.78 is 10.9. The van der Waals surface area contributed by atoms with Crippen LogP contribution in [0.3, 0.4) is 0 Å². The number of nitrogens with zero attached hydrogens (tertiary/aromatic N) is 2. The van der Waals surface area contributed by atoms with Crippen LogP contribution in [0, 0.1) is 5.92 Å². The van der Waals surface area contributed by atoms with Crippen LogP contribution in [0.15, 0.2) is 59.9 Å². The lowest BCUT2D eigenvalue weighted by molar-refractivity contribution is -0.111. The quantitative estimate of drug-likeness (QED) is 0.813. The Labute approximate surface area is 130 Å². The first kappa shape index (κ1) is 14.9. The Balaban J connectivity index is 1.92. The molecular formula is C18H20N2O2. The molecule has 1 saturated heterocycles. The molecule has 0 saturated carbocycles. The number of ether oxygens (including phenoxy) is 2. The van der Waals surface area contributed by atoms with Crippen molar-refractivity contribution in [2.75, 3.05) is 20.0 Å². The van der Waals surface area contributed by atoms with E-state index in [9.17, 15) is 0 Å². The molecule has 0 unspecified atom stereocenters. The third-order valence-corrected chi connectivity index (χ3v) is 3.76. The monoisotopic (exact) mass is 296 g/mol. The largest absolute Gasteiger partial charge is 0.355 e. The molecular weight excluding hydrogens is 276 g/mol. The van der Waals surface area contributed by atoms with Crippen molar-refractivity contribution in [2.45, 2.75) is 13.0 Å². The lowest BCUT2D eigenvalue weighted by Crippen LogP contribution is -2.31. The molecule has 1 atom stereocenters. The molecule has 2 aromatic rings. The second-order valence-electron chi connectivity index (χ2n) is 5.40. The molecule has 3 rings (SSSR count). The predicted molar refractivity (Wildman–Crippen MR) is 85.9 cm³/mol. The van der Waals surface area contributed by atoms with E-state index >= 15 is 0 Å². The maximum absolute atomic E-state index is 5.45. The van der Waals surface area contributed by atoms with Gasteiger partial charge in [0.15, 0.2) is 0 Å². The molecule has 22 heavy (non-hydrogen) atoms. The Morgan fingerprint density at radius 3 is 2.59 bits per heavy atom. The van der Waals surface area contributed by atoms with Gasteiger partial charge < -0.3 is 9.47 Å². The van der Waals surface area contributed by atoms with Gasteiger partial charge in [0.1, 0.15) is 6.79 Å². The van der Waals surface area contributed by atoms with Gasteiger partial charge in [-0.3, -0.25) is 9.98 Å². The Morgan fingerprint density at radius 2 is 1.91 bits per heavy atom. The van der Waals surface area contributed by atoms with Crippen LogP contribution >= 0.6 is 0 Å². The summed E-state index contributed by atoms with van der Waals surface area (Å²) in [6, 6.07) is 14.4. The van der Waals surface area contributed by atoms with E-state index in [1.54, 1.807) is 6.20 Å². The van der Waals surface area contributed by atoms with Crippen LogP contribution in [0.5, 0.6) is 0 Å². The summed E-state index contributed by atoms with van der Waals surface area (Å²) >= 11 is 0. The first-order valence-corrected chi connectivity index (χ1v) is 7.53. The Morgan fingerprint density at radius 1 is 1.14 bits per heavy atom. The molecule has 4 nitrogen and oxygen atoms in total. The van der Waals surface area contributed by atoms with E-state index < -0.39 is 0 Å². The van der Waals surface area contributed by atoms with Gasteiger partial charge in [0.2, 0.25) is 0 Å². The number of aromatic nitrogens is 1. The number of benzene rings is 1. The van der Waals surface area contributed by atoms with Gasteiger partial charge in [-0.05, 0) is 18.6 Å². The zero-order valence-electron chi connectivity index (χ0n) is 12.7. The van der Waals surface area contributed by atoms with Crippen molar-refractivity contribution in [2.24, 2.45) is 10.9 Å². The lowest BCUT2D eigenvalue weighted by atomic mass is 9.97. The predicted octanol–water partition coefficient (Wildman–Crippen LogP) is 3.25. The molecule has 1 aliphatic rings. The van der Waals surface area contributed by atoms with Crippen LogP contribution < -0.4 is 0 Å². The Hall–Kier alpha value is -2.04. The van der Waals surface area contributed by atoms with Gasteiger partial charge in [0.05, 0.1) is 25.0 Å². The fraction of sp³-hybridized carbons (Fsp3) is 0.333. The molecule has 0 spiro atoms. The first-order chi connectivity index (χ1) is 10.8. The smallest absolute Gasteiger partial charge is 0.146 e. The standard InChI is InChI=1S/C18H20N2O2/c1-14(15-6-3-2-4-7-15)20-18(16-8-5-9-19-10-16)17-11-21-13-22-12-17/h2-10,14,17H,11-13H2,1H3/t14-/m0/s1. The second-order valence-corrected chi connectivity index (χ2v) is 5.40. The Bertz CT molecular complexity index is 607. The van der Waals surface area contributed by atoms with E-state index in [1.165, 1.54) is 5.56 Å². The van der Waals surface area contributed by atoms with E-state index in [-0.39, 0.29) is 12.0 Å². The molecule has 114 valence electrons. The number of hydrogen-bond acceptors (Lipinski definition) is 4. The van der Waals surface area contributed by atoms with E-state index in [0.717, 1.165) is 11.3 Å². The topological polar surface area (TPSA) is 43.7 Å². The molecule has 0 aliphatic carbocycles. The van der Waals surface area contributed by atoms with Crippen molar-refractivity contribution in [3.8, 4) is 0 Å². The molecule has 0 amide bonds. The third kappa shape index (κ3) is 3.59. The van der Waals surface area contributed by atoms with Gasteiger partial charge in [-0.2, -0.15) is 0 Å². The van der Waals surface area contributed by atoms with E-state index in [0.29, 0.717) is 20.0 Å². The number of pyridine rings is 1. The van der Waals surface area contributed by atoms with Gasteiger partial charge in [-0.15, -0.1) is 0 Å². The minimum Gasteiger partial charge on any atom is -0.355 e. The molecule has 1 aromatic carbocycles. The van der Waals surface area contributed by atoms with Crippen LogP contribution in [0.1, 0.15) is 24.1 Å². The second kappa shape index (κ2) is 7.29. The van der Waals surface area contributed by atoms with Gasteiger partial charge in [0.25, 0.3) is 0 Å². The molecule has 0 N–H and O–H groups in total. The molecule has 4 heteroatoms. The minimum absolute atomic E-state index is 0.0818. The molecule has 1 fully saturated rings. The van der Waals surface area contributed by atoms with E-state index in [2.05, 4.69) is 24.0 Å². The van der Waals surface area contributed by atoms with E-state index in [4.69, 9.17) is 14.5 Å². The maximum atomic E-state index is 5.45. The molecule has 1 aromatic heterocycles. The molecule has 2 heterocycles. The average Bonchev–Trinajstić information content (AvgIpc) is 2.62. The normalized spacial score (nSPS) is 18.1. The van der Waals surface area contributed by atoms with Crippen molar-refractivity contribution >= 4 is 5.71 Å². The first-order valence-electron chi connectivity index (χ1n) is 7.53. The van der Waals surface area contributed by atoms with Crippen LogP contribution in [-0.2, 0) is 9.47 Å². The van der Waals surface area contributed by atoms with Crippen LogP contribution in [0.2, 0.25) is 0 Å². The highest BCUT2D eigenvalue weighted by atomic mass is 16.7.